The molecule has 1 amide bonds. The maximum atomic E-state index is 13.1. The molecular weight excluding hydrogens is 345 g/mol. The molecule has 1 unspecified atom stereocenters. The van der Waals surface area contributed by atoms with Gasteiger partial charge in [0, 0.05) is 35.6 Å². The molecule has 1 aromatic rings. The van der Waals surface area contributed by atoms with E-state index < -0.39 is 30.8 Å². The number of carbonyl (C=O) groups excluding carboxylic acids is 1. The standard InChI is InChI=1S/C13H14Cl2F2N2O.ClH/c1-19(6-8-9(14)3-2-4-10(8)15)12(20)11-5-13(16,17)7-18-11;/h2-4,11,18H,5-7H2,1H3;1H. The lowest BCUT2D eigenvalue weighted by atomic mass is 10.1. The van der Waals surface area contributed by atoms with Crippen LogP contribution in [-0.4, -0.2) is 36.4 Å². The second-order valence-electron chi connectivity index (χ2n) is 4.89. The number of benzene rings is 1. The van der Waals surface area contributed by atoms with E-state index in [1.165, 1.54) is 4.90 Å². The molecule has 118 valence electrons. The van der Waals surface area contributed by atoms with E-state index in [-0.39, 0.29) is 19.0 Å². The number of carbonyl (C=O) groups is 1. The summed E-state index contributed by atoms with van der Waals surface area (Å²) in [5.74, 6) is -3.22. The van der Waals surface area contributed by atoms with Gasteiger partial charge in [-0.3, -0.25) is 10.1 Å². The van der Waals surface area contributed by atoms with Gasteiger partial charge in [0.2, 0.25) is 5.91 Å². The Morgan fingerprint density at radius 1 is 1.43 bits per heavy atom. The number of nitrogens with one attached hydrogen (secondary N) is 1. The number of likely N-dealkylation sites (N-methyl/N-ethyl adjacent to an activating group) is 1. The summed E-state index contributed by atoms with van der Waals surface area (Å²) in [4.78, 5) is 13.5. The summed E-state index contributed by atoms with van der Waals surface area (Å²) >= 11 is 12.1. The van der Waals surface area contributed by atoms with Gasteiger partial charge in [0.05, 0.1) is 12.6 Å². The van der Waals surface area contributed by atoms with Gasteiger partial charge < -0.3 is 4.90 Å². The maximum Gasteiger partial charge on any atom is 0.262 e. The summed E-state index contributed by atoms with van der Waals surface area (Å²) in [5, 5.41) is 3.43. The lowest BCUT2D eigenvalue weighted by Crippen LogP contribution is -2.41. The lowest BCUT2D eigenvalue weighted by molar-refractivity contribution is -0.132. The molecule has 1 saturated heterocycles. The molecule has 0 spiro atoms. The Bertz CT molecular complexity index is 508. The highest BCUT2D eigenvalue weighted by Gasteiger charge is 2.43. The molecular formula is C13H15Cl3F2N2O. The van der Waals surface area contributed by atoms with Crippen LogP contribution in [0.1, 0.15) is 12.0 Å². The number of alkyl halides is 2. The van der Waals surface area contributed by atoms with Gasteiger partial charge >= 0.3 is 0 Å². The molecule has 1 aliphatic heterocycles. The Hall–Kier alpha value is -0.620. The first kappa shape index (κ1) is 18.4. The summed E-state index contributed by atoms with van der Waals surface area (Å²) in [6, 6.07) is 4.18. The summed E-state index contributed by atoms with van der Waals surface area (Å²) in [7, 11) is 1.54. The van der Waals surface area contributed by atoms with Crippen LogP contribution >= 0.6 is 35.6 Å². The summed E-state index contributed by atoms with van der Waals surface area (Å²) in [6.07, 6.45) is -0.480. The van der Waals surface area contributed by atoms with Crippen molar-refractivity contribution in [2.75, 3.05) is 13.6 Å². The molecule has 2 rings (SSSR count). The van der Waals surface area contributed by atoms with E-state index in [9.17, 15) is 13.6 Å². The number of nitrogens with zero attached hydrogens (tertiary/aromatic N) is 1. The van der Waals surface area contributed by atoms with Gasteiger partial charge in [0.25, 0.3) is 5.92 Å². The van der Waals surface area contributed by atoms with E-state index in [4.69, 9.17) is 23.2 Å². The molecule has 1 atom stereocenters. The van der Waals surface area contributed by atoms with E-state index in [0.29, 0.717) is 15.6 Å². The molecule has 8 heteroatoms. The van der Waals surface area contributed by atoms with Gasteiger partial charge in [-0.2, -0.15) is 0 Å². The van der Waals surface area contributed by atoms with E-state index in [2.05, 4.69) is 5.32 Å². The average Bonchev–Trinajstić information content (AvgIpc) is 2.73. The molecule has 0 bridgehead atoms. The topological polar surface area (TPSA) is 32.3 Å². The Labute approximate surface area is 138 Å². The van der Waals surface area contributed by atoms with Crippen molar-refractivity contribution >= 4 is 41.5 Å². The van der Waals surface area contributed by atoms with Crippen LogP contribution in [0.5, 0.6) is 0 Å². The zero-order valence-electron chi connectivity index (χ0n) is 11.2. The van der Waals surface area contributed by atoms with Crippen LogP contribution in [0.25, 0.3) is 0 Å². The van der Waals surface area contributed by atoms with Crippen molar-refractivity contribution in [1.82, 2.24) is 10.2 Å². The normalized spacial score (nSPS) is 20.0. The highest BCUT2D eigenvalue weighted by atomic mass is 35.5. The first-order valence-corrected chi connectivity index (χ1v) is 6.85. The highest BCUT2D eigenvalue weighted by molar-refractivity contribution is 6.36. The molecule has 0 saturated carbocycles. The zero-order chi connectivity index (χ0) is 14.9. The van der Waals surface area contributed by atoms with Crippen molar-refractivity contribution in [1.29, 1.82) is 0 Å². The van der Waals surface area contributed by atoms with E-state index in [0.717, 1.165) is 0 Å². The van der Waals surface area contributed by atoms with Crippen molar-refractivity contribution in [2.24, 2.45) is 0 Å². The van der Waals surface area contributed by atoms with Crippen LogP contribution in [0.15, 0.2) is 18.2 Å². The van der Waals surface area contributed by atoms with Crippen LogP contribution in [-0.2, 0) is 11.3 Å². The minimum absolute atomic E-state index is 0. The largest absolute Gasteiger partial charge is 0.340 e. The minimum atomic E-state index is -2.83. The number of hydrogen-bond acceptors (Lipinski definition) is 2. The van der Waals surface area contributed by atoms with Gasteiger partial charge in [0.15, 0.2) is 0 Å². The minimum Gasteiger partial charge on any atom is -0.340 e. The average molecular weight is 360 g/mol. The van der Waals surface area contributed by atoms with E-state index in [1.54, 1.807) is 25.2 Å². The predicted molar refractivity (Wildman–Crippen MR) is 81.5 cm³/mol. The summed E-state index contributed by atoms with van der Waals surface area (Å²) in [5.41, 5.74) is 0.608. The van der Waals surface area contributed by atoms with Crippen LogP contribution in [0, 0.1) is 0 Å². The van der Waals surface area contributed by atoms with Crippen molar-refractivity contribution in [2.45, 2.75) is 24.9 Å². The molecule has 1 N–H and O–H groups in total. The van der Waals surface area contributed by atoms with Crippen LogP contribution in [0.4, 0.5) is 8.78 Å². The molecule has 1 aliphatic rings. The van der Waals surface area contributed by atoms with Crippen LogP contribution < -0.4 is 5.32 Å². The van der Waals surface area contributed by atoms with Crippen molar-refractivity contribution in [3.63, 3.8) is 0 Å². The molecule has 1 heterocycles. The summed E-state index contributed by atoms with van der Waals surface area (Å²) < 4.78 is 26.2. The second kappa shape index (κ2) is 7.09. The van der Waals surface area contributed by atoms with Crippen molar-refractivity contribution in [3.05, 3.63) is 33.8 Å². The Kier molecular flexibility index (Phi) is 6.23. The molecule has 21 heavy (non-hydrogen) atoms. The van der Waals surface area contributed by atoms with Gasteiger partial charge in [0.1, 0.15) is 0 Å². The molecule has 1 aromatic carbocycles. The number of hydrogen-bond donors (Lipinski definition) is 1. The molecule has 3 nitrogen and oxygen atoms in total. The SMILES string of the molecule is CN(Cc1c(Cl)cccc1Cl)C(=O)C1CC(F)(F)CN1.Cl. The Morgan fingerprint density at radius 3 is 2.48 bits per heavy atom. The van der Waals surface area contributed by atoms with Crippen molar-refractivity contribution < 1.29 is 13.6 Å². The maximum absolute atomic E-state index is 13.1. The van der Waals surface area contributed by atoms with E-state index >= 15 is 0 Å². The van der Waals surface area contributed by atoms with Gasteiger partial charge in [-0.15, -0.1) is 12.4 Å². The number of rotatable bonds is 3. The molecule has 1 fully saturated rings. The third kappa shape index (κ3) is 4.42. The second-order valence-corrected chi connectivity index (χ2v) is 5.70. The lowest BCUT2D eigenvalue weighted by Gasteiger charge is -2.22. The fraction of sp³-hybridized carbons (Fsp3) is 0.462. The third-order valence-electron chi connectivity index (χ3n) is 3.24. The zero-order valence-corrected chi connectivity index (χ0v) is 13.5. The third-order valence-corrected chi connectivity index (χ3v) is 3.95. The van der Waals surface area contributed by atoms with Gasteiger partial charge in [-0.05, 0) is 12.1 Å². The first-order valence-electron chi connectivity index (χ1n) is 6.09. The fourth-order valence-corrected chi connectivity index (χ4v) is 2.67. The first-order chi connectivity index (χ1) is 9.30. The number of halogens is 5. The highest BCUT2D eigenvalue weighted by Crippen LogP contribution is 2.28. The van der Waals surface area contributed by atoms with E-state index in [1.807, 2.05) is 0 Å². The molecule has 0 aliphatic carbocycles. The van der Waals surface area contributed by atoms with Gasteiger partial charge in [-0.1, -0.05) is 29.3 Å². The predicted octanol–water partition coefficient (Wildman–Crippen LogP) is 3.37. The smallest absolute Gasteiger partial charge is 0.262 e. The molecule has 0 radical (unpaired) electrons. The Morgan fingerprint density at radius 2 is 2.00 bits per heavy atom. The number of amides is 1. The Balaban J connectivity index is 0.00000220. The van der Waals surface area contributed by atoms with Crippen LogP contribution in [0.2, 0.25) is 10.0 Å². The quantitative estimate of drug-likeness (QED) is 0.897. The van der Waals surface area contributed by atoms with Gasteiger partial charge in [-0.25, -0.2) is 8.78 Å². The van der Waals surface area contributed by atoms with Crippen LogP contribution in [0.3, 0.4) is 0 Å². The summed E-state index contributed by atoms with van der Waals surface area (Å²) in [6.45, 7) is -0.287. The fourth-order valence-electron chi connectivity index (χ4n) is 2.15. The molecule has 0 aromatic heterocycles. The van der Waals surface area contributed by atoms with Crippen molar-refractivity contribution in [3.8, 4) is 0 Å². The monoisotopic (exact) mass is 358 g/mol.